The third kappa shape index (κ3) is 9.44. The van der Waals surface area contributed by atoms with Crippen LogP contribution in [0.5, 0.6) is 0 Å². The summed E-state index contributed by atoms with van der Waals surface area (Å²) in [6, 6.07) is 11.6. The third-order valence-electron chi connectivity index (χ3n) is 3.64. The van der Waals surface area contributed by atoms with Gasteiger partial charge in [-0.05, 0) is 26.7 Å². The van der Waals surface area contributed by atoms with Crippen molar-refractivity contribution in [2.24, 2.45) is 5.92 Å². The van der Waals surface area contributed by atoms with Gasteiger partial charge >= 0.3 is 21.7 Å². The van der Waals surface area contributed by atoms with Crippen LogP contribution in [0.25, 0.3) is 5.57 Å². The molecule has 0 amide bonds. The monoisotopic (exact) mass is 404 g/mol. The number of rotatable bonds is 1. The van der Waals surface area contributed by atoms with Crippen LogP contribution in [0, 0.1) is 17.9 Å². The van der Waals surface area contributed by atoms with Crippen LogP contribution in [-0.2, 0) is 21.7 Å². The molecule has 0 saturated heterocycles. The number of aliphatic hydroxyl groups is 1. The van der Waals surface area contributed by atoms with Crippen LogP contribution >= 0.6 is 0 Å². The first kappa shape index (κ1) is 31.7. The molecule has 0 fully saturated rings. The molecule has 1 N–H and O–H groups in total. The van der Waals surface area contributed by atoms with Crippen molar-refractivity contribution in [3.63, 3.8) is 0 Å². The Morgan fingerprint density at radius 1 is 0.958 bits per heavy atom. The molecule has 0 saturated carbocycles. The first-order chi connectivity index (χ1) is 9.86. The first-order valence-electron chi connectivity index (χ1n) is 7.43. The zero-order valence-electron chi connectivity index (χ0n) is 16.1. The second kappa shape index (κ2) is 16.4. The average molecular weight is 405 g/mol. The molecule has 0 spiro atoms. The topological polar surface area (TPSA) is 20.2 Å². The van der Waals surface area contributed by atoms with E-state index in [0.29, 0.717) is 5.92 Å². The van der Waals surface area contributed by atoms with Gasteiger partial charge in [-0.3, -0.25) is 0 Å². The minimum atomic E-state index is 0. The predicted octanol–water partition coefficient (Wildman–Crippen LogP) is -0.519. The number of allylic oxidation sites excluding steroid dienone is 4. The Kier molecular flexibility index (Phi) is 21.7. The number of benzene rings is 1. The van der Waals surface area contributed by atoms with E-state index >= 15 is 0 Å². The fourth-order valence-corrected chi connectivity index (χ4v) is 2.36. The summed E-state index contributed by atoms with van der Waals surface area (Å²) in [5.74, 6) is 1.96. The van der Waals surface area contributed by atoms with Crippen LogP contribution in [0.4, 0.5) is 0 Å². The average Bonchev–Trinajstić information content (AvgIpc) is 2.66. The van der Waals surface area contributed by atoms with E-state index in [1.807, 2.05) is 12.1 Å². The van der Waals surface area contributed by atoms with Crippen molar-refractivity contribution < 1.29 is 51.6 Å². The molecule has 1 aliphatic carbocycles. The molecular formula is C20H30Cl2OTi. The van der Waals surface area contributed by atoms with Crippen LogP contribution in [0.15, 0.2) is 41.0 Å². The normalized spacial score (nSPS) is 15.2. The van der Waals surface area contributed by atoms with Gasteiger partial charge in [-0.2, -0.15) is 20.8 Å². The van der Waals surface area contributed by atoms with Crippen LogP contribution < -0.4 is 24.8 Å². The summed E-state index contributed by atoms with van der Waals surface area (Å²) in [5.41, 5.74) is 7.08. The summed E-state index contributed by atoms with van der Waals surface area (Å²) >= 11 is 0. The van der Waals surface area contributed by atoms with E-state index in [1.54, 1.807) is 0 Å². The summed E-state index contributed by atoms with van der Waals surface area (Å²) in [6.07, 6.45) is 0. The minimum absolute atomic E-state index is 0. The maximum absolute atomic E-state index is 7.00. The first-order valence-corrected chi connectivity index (χ1v) is 7.43. The molecule has 1 unspecified atom stereocenters. The molecule has 1 atom stereocenters. The van der Waals surface area contributed by atoms with Crippen LogP contribution in [0.3, 0.4) is 0 Å². The second-order valence-electron chi connectivity index (χ2n) is 5.84. The largest absolute Gasteiger partial charge is 4.00 e. The Bertz CT molecular complexity index is 491. The van der Waals surface area contributed by atoms with Gasteiger partial charge in [-0.15, -0.1) is 41.5 Å². The summed E-state index contributed by atoms with van der Waals surface area (Å²) in [5, 5.41) is 7.00. The van der Waals surface area contributed by atoms with E-state index in [-0.39, 0.29) is 46.5 Å². The Hall–Kier alpha value is -0.0457. The minimum Gasteiger partial charge on any atom is -1.00 e. The number of aliphatic hydroxyl groups excluding tert-OH is 1. The van der Waals surface area contributed by atoms with E-state index in [2.05, 4.69) is 66.7 Å². The Morgan fingerprint density at radius 2 is 1.42 bits per heavy atom. The van der Waals surface area contributed by atoms with Gasteiger partial charge in [0.15, 0.2) is 0 Å². The molecule has 2 rings (SSSR count). The van der Waals surface area contributed by atoms with E-state index in [4.69, 9.17) is 5.11 Å². The van der Waals surface area contributed by atoms with Gasteiger partial charge in [0.1, 0.15) is 0 Å². The smallest absolute Gasteiger partial charge is 1.00 e. The SMILES string of the molecule is CC1=C(C)C(C)C(c2[c-]cccc2)=C1C.CO.C[C-](C)C.[Cl-].[Cl-].[Ti+4]. The second-order valence-corrected chi connectivity index (χ2v) is 5.84. The van der Waals surface area contributed by atoms with Crippen LogP contribution in [0.1, 0.15) is 54.0 Å². The fraction of sp³-hybridized carbons (Fsp3) is 0.450. The van der Waals surface area contributed by atoms with Crippen molar-refractivity contribution in [3.8, 4) is 0 Å². The fourth-order valence-electron chi connectivity index (χ4n) is 2.36. The Balaban J connectivity index is -0.000000197. The van der Waals surface area contributed by atoms with Crippen molar-refractivity contribution in [1.29, 1.82) is 0 Å². The molecule has 0 bridgehead atoms. The quantitative estimate of drug-likeness (QED) is 0.493. The molecule has 0 aliphatic heterocycles. The molecular weight excluding hydrogens is 375 g/mol. The number of hydrogen-bond donors (Lipinski definition) is 1. The summed E-state index contributed by atoms with van der Waals surface area (Å²) in [4.78, 5) is 0. The Morgan fingerprint density at radius 3 is 1.71 bits per heavy atom. The molecule has 24 heavy (non-hydrogen) atoms. The van der Waals surface area contributed by atoms with Gasteiger partial charge in [0.25, 0.3) is 0 Å². The third-order valence-corrected chi connectivity index (χ3v) is 3.64. The number of hydrogen-bond acceptors (Lipinski definition) is 1. The summed E-state index contributed by atoms with van der Waals surface area (Å²) < 4.78 is 0. The zero-order chi connectivity index (χ0) is 16.6. The Labute approximate surface area is 176 Å². The van der Waals surface area contributed by atoms with Crippen molar-refractivity contribution in [1.82, 2.24) is 0 Å². The van der Waals surface area contributed by atoms with Crippen LogP contribution in [0.2, 0.25) is 0 Å². The zero-order valence-corrected chi connectivity index (χ0v) is 19.2. The van der Waals surface area contributed by atoms with E-state index in [0.717, 1.165) is 7.11 Å². The molecule has 0 radical (unpaired) electrons. The van der Waals surface area contributed by atoms with Crippen molar-refractivity contribution in [2.45, 2.75) is 48.5 Å². The molecule has 1 aromatic carbocycles. The van der Waals surface area contributed by atoms with Crippen molar-refractivity contribution in [3.05, 3.63) is 58.5 Å². The predicted molar refractivity (Wildman–Crippen MR) is 93.8 cm³/mol. The molecule has 1 aliphatic rings. The summed E-state index contributed by atoms with van der Waals surface area (Å²) in [7, 11) is 1.00. The van der Waals surface area contributed by atoms with Gasteiger partial charge in [0, 0.05) is 7.11 Å². The van der Waals surface area contributed by atoms with Gasteiger partial charge in [0.2, 0.25) is 0 Å². The molecule has 0 heterocycles. The summed E-state index contributed by atoms with van der Waals surface area (Å²) in [6.45, 7) is 15.2. The maximum atomic E-state index is 7.00. The van der Waals surface area contributed by atoms with Gasteiger partial charge in [-0.25, -0.2) is 0 Å². The van der Waals surface area contributed by atoms with Gasteiger partial charge < -0.3 is 35.8 Å². The van der Waals surface area contributed by atoms with Crippen molar-refractivity contribution >= 4 is 5.57 Å². The van der Waals surface area contributed by atoms with Gasteiger partial charge in [0.05, 0.1) is 0 Å². The standard InChI is InChI=1S/C15H17.C4H9.CH4O.2ClH.Ti/c1-10-11(2)13(4)15(12(10)3)14-8-6-5-7-9-14;1-4(2)3;1-2;;;/h5-8,12H,1-4H3;1-3H3;2H,1H3;2*1H;/q2*-1;;;;+4/p-2. The van der Waals surface area contributed by atoms with E-state index in [9.17, 15) is 0 Å². The maximum Gasteiger partial charge on any atom is 4.00 e. The van der Waals surface area contributed by atoms with Crippen molar-refractivity contribution in [2.75, 3.05) is 7.11 Å². The van der Waals surface area contributed by atoms with Crippen LogP contribution in [-0.4, -0.2) is 12.2 Å². The van der Waals surface area contributed by atoms with E-state index in [1.165, 1.54) is 33.8 Å². The molecule has 1 nitrogen and oxygen atoms in total. The molecule has 0 aromatic heterocycles. The van der Waals surface area contributed by atoms with Gasteiger partial charge in [-0.1, -0.05) is 23.6 Å². The molecule has 134 valence electrons. The molecule has 4 heteroatoms. The molecule has 1 aromatic rings. The number of halogens is 2. The van der Waals surface area contributed by atoms with E-state index < -0.39 is 0 Å².